The number of hydrogen-bond donors (Lipinski definition) is 3. The van der Waals surface area contributed by atoms with E-state index in [0.29, 0.717) is 45.9 Å². The fraction of sp³-hybridized carbons (Fsp3) is 0.345. The number of nitrogens with two attached hydrogens (primary N) is 1. The number of aromatic nitrogens is 1. The molecule has 1 fully saturated rings. The molecule has 0 unspecified atom stereocenters. The van der Waals surface area contributed by atoms with Crippen molar-refractivity contribution in [2.45, 2.75) is 56.3 Å². The van der Waals surface area contributed by atoms with E-state index in [0.717, 1.165) is 19.1 Å². The minimum atomic E-state index is -3.60. The van der Waals surface area contributed by atoms with Crippen molar-refractivity contribution in [3.63, 3.8) is 0 Å². The number of hydrogen-bond acceptors (Lipinski definition) is 7. The molecule has 4 atom stereocenters. The van der Waals surface area contributed by atoms with Crippen molar-refractivity contribution in [2.24, 2.45) is 0 Å². The van der Waals surface area contributed by atoms with Gasteiger partial charge in [0.15, 0.2) is 0 Å². The van der Waals surface area contributed by atoms with Gasteiger partial charge in [0.2, 0.25) is 10.0 Å². The molecular weight excluding hydrogens is 601 g/mol. The lowest BCUT2D eigenvalue weighted by atomic mass is 9.76. The molecule has 2 aliphatic rings. The molecule has 222 valence electrons. The molecule has 1 aliphatic heterocycles. The Morgan fingerprint density at radius 3 is 2.60 bits per heavy atom. The number of pyridine rings is 1. The molecule has 5 rings (SSSR count). The molecule has 0 saturated heterocycles. The normalized spacial score (nSPS) is 22.5. The van der Waals surface area contributed by atoms with Crippen LogP contribution in [-0.4, -0.2) is 48.5 Å². The average molecular weight is 633 g/mol. The summed E-state index contributed by atoms with van der Waals surface area (Å²) in [5, 5.41) is 0.643. The summed E-state index contributed by atoms with van der Waals surface area (Å²) in [6.07, 6.45) is 5.33. The average Bonchev–Trinajstić information content (AvgIpc) is 2.93. The lowest BCUT2D eigenvalue weighted by molar-refractivity contribution is -0.138. The number of halogens is 2. The van der Waals surface area contributed by atoms with Crippen LogP contribution in [-0.2, 0) is 26.3 Å². The number of anilines is 1. The largest absolute Gasteiger partial charge is 0.399 e. The number of carbonyl (C=O) groups excluding carboxylic acids is 2. The molecule has 0 bridgehead atoms. The van der Waals surface area contributed by atoms with E-state index in [9.17, 15) is 18.0 Å². The molecular formula is C29H31Cl2N5O5S. The zero-order valence-corrected chi connectivity index (χ0v) is 25.1. The van der Waals surface area contributed by atoms with E-state index in [1.165, 1.54) is 0 Å². The maximum Gasteiger partial charge on any atom is 0.255 e. The van der Waals surface area contributed by atoms with Crippen LogP contribution in [0.15, 0.2) is 60.8 Å². The number of sulfonamides is 1. The van der Waals surface area contributed by atoms with Gasteiger partial charge in [-0.1, -0.05) is 48.2 Å². The van der Waals surface area contributed by atoms with Crippen molar-refractivity contribution in [1.29, 1.82) is 0 Å². The van der Waals surface area contributed by atoms with Crippen molar-refractivity contribution in [3.8, 4) is 0 Å². The number of nitrogens with one attached hydrogen (secondary N) is 2. The van der Waals surface area contributed by atoms with E-state index >= 15 is 0 Å². The van der Waals surface area contributed by atoms with Gasteiger partial charge in [0.05, 0.1) is 23.9 Å². The van der Waals surface area contributed by atoms with Crippen LogP contribution in [0, 0.1) is 0 Å². The van der Waals surface area contributed by atoms with Crippen molar-refractivity contribution in [3.05, 3.63) is 93.2 Å². The number of amides is 2. The summed E-state index contributed by atoms with van der Waals surface area (Å²) in [5.74, 6) is -1.90. The quantitative estimate of drug-likeness (QED) is 0.247. The Morgan fingerprint density at radius 1 is 1.10 bits per heavy atom. The molecule has 2 heterocycles. The third-order valence-corrected chi connectivity index (χ3v) is 8.92. The van der Waals surface area contributed by atoms with Gasteiger partial charge in [-0.25, -0.2) is 18.6 Å². The highest BCUT2D eigenvalue weighted by Crippen LogP contribution is 2.48. The summed E-state index contributed by atoms with van der Waals surface area (Å²) < 4.78 is 27.4. The maximum absolute atomic E-state index is 14.3. The molecule has 3 aromatic rings. The van der Waals surface area contributed by atoms with Gasteiger partial charge in [0.1, 0.15) is 6.61 Å². The Bertz CT molecular complexity index is 1590. The monoisotopic (exact) mass is 631 g/mol. The fourth-order valence-electron chi connectivity index (χ4n) is 5.93. The van der Waals surface area contributed by atoms with Crippen molar-refractivity contribution in [2.75, 3.05) is 12.0 Å². The van der Waals surface area contributed by atoms with Crippen LogP contribution < -0.4 is 15.9 Å². The second-order valence-electron chi connectivity index (χ2n) is 10.6. The summed E-state index contributed by atoms with van der Waals surface area (Å²) in [4.78, 5) is 39.8. The Labute approximate surface area is 254 Å². The highest BCUT2D eigenvalue weighted by Gasteiger charge is 2.49. The molecule has 10 nitrogen and oxygen atoms in total. The zero-order chi connectivity index (χ0) is 30.0. The Hall–Kier alpha value is -3.22. The summed E-state index contributed by atoms with van der Waals surface area (Å²) in [5.41, 5.74) is 10.9. The first-order chi connectivity index (χ1) is 20.0. The Kier molecular flexibility index (Phi) is 9.05. The summed E-state index contributed by atoms with van der Waals surface area (Å²) in [6.45, 7) is 0.0150. The van der Waals surface area contributed by atoms with Gasteiger partial charge in [-0.05, 0) is 66.4 Å². The van der Waals surface area contributed by atoms with Gasteiger partial charge in [0.25, 0.3) is 11.8 Å². The predicted molar refractivity (Wildman–Crippen MR) is 160 cm³/mol. The number of rotatable bonds is 8. The first-order valence-corrected chi connectivity index (χ1v) is 16.1. The molecule has 0 radical (unpaired) electrons. The first-order valence-electron chi connectivity index (χ1n) is 13.5. The fourth-order valence-corrected chi connectivity index (χ4v) is 7.27. The lowest BCUT2D eigenvalue weighted by Crippen LogP contribution is -2.59. The highest BCUT2D eigenvalue weighted by atomic mass is 35.5. The van der Waals surface area contributed by atoms with E-state index in [-0.39, 0.29) is 17.5 Å². The Morgan fingerprint density at radius 2 is 1.88 bits per heavy atom. The number of benzene rings is 2. The van der Waals surface area contributed by atoms with Crippen molar-refractivity contribution in [1.82, 2.24) is 20.1 Å². The van der Waals surface area contributed by atoms with Crippen LogP contribution in [0.5, 0.6) is 0 Å². The minimum absolute atomic E-state index is 0.0150. The van der Waals surface area contributed by atoms with Crippen molar-refractivity contribution < 1.29 is 22.8 Å². The van der Waals surface area contributed by atoms with E-state index in [2.05, 4.69) is 15.2 Å². The van der Waals surface area contributed by atoms with Gasteiger partial charge in [-0.2, -0.15) is 0 Å². The second-order valence-corrected chi connectivity index (χ2v) is 13.2. The van der Waals surface area contributed by atoms with Gasteiger partial charge >= 0.3 is 0 Å². The van der Waals surface area contributed by atoms with Crippen LogP contribution in [0.1, 0.15) is 64.8 Å². The molecule has 1 aliphatic carbocycles. The molecule has 1 aromatic heterocycles. The Balaban J connectivity index is 1.63. The third-order valence-electron chi connectivity index (χ3n) is 7.63. The van der Waals surface area contributed by atoms with E-state index in [4.69, 9.17) is 33.8 Å². The minimum Gasteiger partial charge on any atom is -0.399 e. The lowest BCUT2D eigenvalue weighted by Gasteiger charge is -2.49. The predicted octanol–water partition coefficient (Wildman–Crippen LogP) is 4.36. The van der Waals surface area contributed by atoms with Crippen LogP contribution in [0.2, 0.25) is 10.0 Å². The third kappa shape index (κ3) is 6.55. The highest BCUT2D eigenvalue weighted by molar-refractivity contribution is 7.88. The van der Waals surface area contributed by atoms with Crippen LogP contribution >= 0.6 is 23.2 Å². The molecule has 42 heavy (non-hydrogen) atoms. The molecule has 2 aromatic carbocycles. The van der Waals surface area contributed by atoms with E-state index < -0.39 is 40.0 Å². The smallest absolute Gasteiger partial charge is 0.255 e. The summed E-state index contributed by atoms with van der Waals surface area (Å²) in [6, 6.07) is 13.0. The second kappa shape index (κ2) is 12.6. The van der Waals surface area contributed by atoms with Gasteiger partial charge in [0, 0.05) is 39.6 Å². The number of hydroxylamine groups is 1. The maximum atomic E-state index is 14.3. The van der Waals surface area contributed by atoms with E-state index in [1.807, 2.05) is 0 Å². The molecule has 0 spiro atoms. The molecule has 4 N–H and O–H groups in total. The van der Waals surface area contributed by atoms with Crippen LogP contribution in [0.3, 0.4) is 0 Å². The number of nitrogen functional groups attached to an aromatic ring is 1. The number of fused-ring (bicyclic) bond motifs is 1. The molecule has 2 amide bonds. The van der Waals surface area contributed by atoms with E-state index in [1.54, 1.807) is 65.7 Å². The topological polar surface area (TPSA) is 144 Å². The summed E-state index contributed by atoms with van der Waals surface area (Å²) >= 11 is 13.0. The van der Waals surface area contributed by atoms with Crippen LogP contribution in [0.25, 0.3) is 0 Å². The van der Waals surface area contributed by atoms with Gasteiger partial charge in [-0.3, -0.25) is 19.4 Å². The standard InChI is InChI=1S/C29H31Cl2N5O5S/c1-42(39,40)35-24-7-2-3-8-25(24)36-27(21-11-9-17(30)14-23(21)31)26(22-15-18(32)10-12-20(22)29(36)38)28(37)34-41-16-19-6-4-5-13-33-19/h4-6,9-15,24-27,35H,2-3,7-8,16,32H2,1H3,(H,34,37)/t24-,25-,26+,27-/m0/s1. The first kappa shape index (κ1) is 30.2. The van der Waals surface area contributed by atoms with Gasteiger partial charge < -0.3 is 10.6 Å². The van der Waals surface area contributed by atoms with Crippen LogP contribution in [0.4, 0.5) is 5.69 Å². The van der Waals surface area contributed by atoms with Crippen molar-refractivity contribution >= 4 is 50.7 Å². The number of carbonyl (C=O) groups is 2. The molecule has 1 saturated carbocycles. The SMILES string of the molecule is CS(=O)(=O)N[C@H]1CCCC[C@@H]1N1C(=O)c2ccc(N)cc2[C@@H](C(=O)NOCc2ccccn2)[C@@H]1c1ccc(Cl)cc1Cl. The molecule has 13 heteroatoms. The summed E-state index contributed by atoms with van der Waals surface area (Å²) in [7, 11) is -3.60. The van der Waals surface area contributed by atoms with Gasteiger partial charge in [-0.15, -0.1) is 0 Å². The number of nitrogens with zero attached hydrogens (tertiary/aromatic N) is 2. The zero-order valence-electron chi connectivity index (χ0n) is 22.8.